The van der Waals surface area contributed by atoms with Crippen LogP contribution in [0.25, 0.3) is 16.0 Å². The molecule has 0 aliphatic heterocycles. The Labute approximate surface area is 151 Å². The Balaban J connectivity index is 1.91. The summed E-state index contributed by atoms with van der Waals surface area (Å²) in [7, 11) is 2.93. The van der Waals surface area contributed by atoms with E-state index in [1.54, 1.807) is 11.3 Å². The largest absolute Gasteiger partial charge is 0.491 e. The SMILES string of the molecule is CC(C)Oc1cccc(-c2cc3scc(CC(=O)[N+](C)(C)O)n3c2)c1. The van der Waals surface area contributed by atoms with E-state index in [-0.39, 0.29) is 18.4 Å². The quantitative estimate of drug-likeness (QED) is 0.426. The summed E-state index contributed by atoms with van der Waals surface area (Å²) >= 11 is 1.59. The van der Waals surface area contributed by atoms with E-state index in [0.717, 1.165) is 27.4 Å². The average Bonchev–Trinajstić information content (AvgIpc) is 3.08. The minimum atomic E-state index is -0.667. The molecule has 0 atom stereocenters. The third-order valence-corrected chi connectivity index (χ3v) is 4.84. The van der Waals surface area contributed by atoms with Crippen molar-refractivity contribution in [3.63, 3.8) is 0 Å². The van der Waals surface area contributed by atoms with Gasteiger partial charge in [-0.1, -0.05) is 12.1 Å². The molecule has 2 aromatic heterocycles. The predicted molar refractivity (Wildman–Crippen MR) is 99.1 cm³/mol. The van der Waals surface area contributed by atoms with Gasteiger partial charge in [-0.25, -0.2) is 10.0 Å². The normalized spacial score (nSPS) is 12.1. The number of hydroxylamine groups is 3. The van der Waals surface area contributed by atoms with E-state index >= 15 is 0 Å². The Hall–Kier alpha value is -2.15. The van der Waals surface area contributed by atoms with Gasteiger partial charge in [0.2, 0.25) is 0 Å². The van der Waals surface area contributed by atoms with Crippen molar-refractivity contribution in [3.8, 4) is 16.9 Å². The van der Waals surface area contributed by atoms with Crippen LogP contribution >= 0.6 is 11.3 Å². The average molecular weight is 359 g/mol. The van der Waals surface area contributed by atoms with Crippen molar-refractivity contribution in [1.29, 1.82) is 0 Å². The van der Waals surface area contributed by atoms with E-state index < -0.39 is 4.65 Å². The molecule has 0 unspecified atom stereocenters. The van der Waals surface area contributed by atoms with Gasteiger partial charge in [0.15, 0.2) is 0 Å². The van der Waals surface area contributed by atoms with Crippen LogP contribution < -0.4 is 4.74 Å². The zero-order valence-electron chi connectivity index (χ0n) is 14.9. The first-order valence-corrected chi connectivity index (χ1v) is 9.07. The first-order valence-electron chi connectivity index (χ1n) is 8.20. The molecular weight excluding hydrogens is 336 g/mol. The smallest absolute Gasteiger partial charge is 0.351 e. The van der Waals surface area contributed by atoms with Gasteiger partial charge in [0, 0.05) is 22.8 Å². The molecule has 25 heavy (non-hydrogen) atoms. The van der Waals surface area contributed by atoms with Crippen LogP contribution in [0.15, 0.2) is 41.9 Å². The van der Waals surface area contributed by atoms with Gasteiger partial charge in [-0.3, -0.25) is 0 Å². The molecule has 0 aliphatic rings. The maximum Gasteiger partial charge on any atom is 0.351 e. The van der Waals surface area contributed by atoms with Gasteiger partial charge < -0.3 is 9.14 Å². The lowest BCUT2D eigenvalue weighted by Crippen LogP contribution is -2.43. The van der Waals surface area contributed by atoms with E-state index in [2.05, 4.69) is 6.07 Å². The van der Waals surface area contributed by atoms with Crippen LogP contribution in [0.4, 0.5) is 0 Å². The third-order valence-electron chi connectivity index (χ3n) is 3.89. The highest BCUT2D eigenvalue weighted by molar-refractivity contribution is 7.15. The summed E-state index contributed by atoms with van der Waals surface area (Å²) in [4.78, 5) is 13.2. The highest BCUT2D eigenvalue weighted by atomic mass is 32.1. The zero-order valence-corrected chi connectivity index (χ0v) is 15.7. The summed E-state index contributed by atoms with van der Waals surface area (Å²) in [5.41, 5.74) is 3.03. The van der Waals surface area contributed by atoms with Crippen molar-refractivity contribution in [2.24, 2.45) is 0 Å². The maximum absolute atomic E-state index is 12.1. The fourth-order valence-corrected chi connectivity index (χ4v) is 3.53. The molecule has 1 amide bonds. The number of carbonyl (C=O) groups excluding carboxylic acids is 1. The Kier molecular flexibility index (Phi) is 4.69. The second kappa shape index (κ2) is 6.63. The Morgan fingerprint density at radius 3 is 2.72 bits per heavy atom. The first-order chi connectivity index (χ1) is 11.7. The van der Waals surface area contributed by atoms with Crippen molar-refractivity contribution in [2.45, 2.75) is 26.4 Å². The number of quaternary nitrogens is 1. The van der Waals surface area contributed by atoms with Gasteiger partial charge in [0.25, 0.3) is 0 Å². The molecule has 0 saturated carbocycles. The van der Waals surface area contributed by atoms with Crippen LogP contribution in [0.1, 0.15) is 19.5 Å². The topological polar surface area (TPSA) is 50.9 Å². The maximum atomic E-state index is 12.1. The molecule has 1 N–H and O–H groups in total. The van der Waals surface area contributed by atoms with Crippen LogP contribution in [0, 0.1) is 0 Å². The molecule has 0 bridgehead atoms. The number of carbonyl (C=O) groups is 1. The summed E-state index contributed by atoms with van der Waals surface area (Å²) in [5, 5.41) is 11.8. The molecule has 1 aromatic carbocycles. The van der Waals surface area contributed by atoms with Gasteiger partial charge in [0.05, 0.1) is 10.9 Å². The lowest BCUT2D eigenvalue weighted by atomic mass is 10.1. The van der Waals surface area contributed by atoms with E-state index in [0.29, 0.717) is 0 Å². The lowest BCUT2D eigenvalue weighted by Gasteiger charge is -2.15. The van der Waals surface area contributed by atoms with Gasteiger partial charge in [0.1, 0.15) is 26.3 Å². The number of hydrogen-bond donors (Lipinski definition) is 1. The molecule has 0 spiro atoms. The minimum absolute atomic E-state index is 0.130. The number of ether oxygens (including phenoxy) is 1. The van der Waals surface area contributed by atoms with Crippen molar-refractivity contribution < 1.29 is 19.4 Å². The summed E-state index contributed by atoms with van der Waals surface area (Å²) in [6.07, 6.45) is 2.35. The molecule has 0 fully saturated rings. The summed E-state index contributed by atoms with van der Waals surface area (Å²) < 4.78 is 7.12. The third kappa shape index (κ3) is 3.92. The van der Waals surface area contributed by atoms with Crippen molar-refractivity contribution in [1.82, 2.24) is 4.40 Å². The number of fused-ring (bicyclic) bond motifs is 1. The Morgan fingerprint density at radius 2 is 2.04 bits per heavy atom. The fraction of sp³-hybridized carbons (Fsp3) is 0.316. The lowest BCUT2D eigenvalue weighted by molar-refractivity contribution is -1.01. The van der Waals surface area contributed by atoms with Gasteiger partial charge in [-0.15, -0.1) is 16.0 Å². The number of amides is 1. The fourth-order valence-electron chi connectivity index (χ4n) is 2.60. The number of aromatic nitrogens is 1. The number of thiazole rings is 1. The Morgan fingerprint density at radius 1 is 1.28 bits per heavy atom. The van der Waals surface area contributed by atoms with Gasteiger partial charge >= 0.3 is 5.91 Å². The predicted octanol–water partition coefficient (Wildman–Crippen LogP) is 3.99. The van der Waals surface area contributed by atoms with Gasteiger partial charge in [-0.05, 0) is 37.6 Å². The number of nitrogens with zero attached hydrogens (tertiary/aromatic N) is 2. The van der Waals surface area contributed by atoms with Crippen molar-refractivity contribution >= 4 is 22.1 Å². The molecule has 0 aliphatic carbocycles. The molecule has 0 radical (unpaired) electrons. The van der Waals surface area contributed by atoms with Crippen LogP contribution in [0.2, 0.25) is 0 Å². The minimum Gasteiger partial charge on any atom is -0.491 e. The summed E-state index contributed by atoms with van der Waals surface area (Å²) in [6.45, 7) is 4.01. The van der Waals surface area contributed by atoms with Crippen LogP contribution in [-0.4, -0.2) is 40.4 Å². The second-order valence-corrected chi connectivity index (χ2v) is 7.71. The highest BCUT2D eigenvalue weighted by Crippen LogP contribution is 2.30. The van der Waals surface area contributed by atoms with Crippen LogP contribution in [-0.2, 0) is 11.2 Å². The van der Waals surface area contributed by atoms with Crippen LogP contribution in [0.5, 0.6) is 5.75 Å². The molecule has 5 nitrogen and oxygen atoms in total. The van der Waals surface area contributed by atoms with Crippen molar-refractivity contribution in [3.05, 3.63) is 47.6 Å². The number of rotatable bonds is 5. The molecule has 3 aromatic rings. The molecule has 3 rings (SSSR count). The molecule has 0 saturated heterocycles. The van der Waals surface area contributed by atoms with Crippen molar-refractivity contribution in [2.75, 3.05) is 14.1 Å². The van der Waals surface area contributed by atoms with E-state index in [1.807, 2.05) is 54.1 Å². The highest BCUT2D eigenvalue weighted by Gasteiger charge is 2.25. The van der Waals surface area contributed by atoms with Gasteiger partial charge in [-0.2, -0.15) is 0 Å². The van der Waals surface area contributed by atoms with E-state index in [9.17, 15) is 10.0 Å². The monoisotopic (exact) mass is 359 g/mol. The number of benzene rings is 1. The number of likely N-dealkylation sites (N-methyl/N-ethyl adjacent to an activating group) is 1. The molecule has 132 valence electrons. The van der Waals surface area contributed by atoms with E-state index in [4.69, 9.17) is 4.74 Å². The molecular formula is C19H23N2O3S+. The molecule has 6 heteroatoms. The number of hydrogen-bond acceptors (Lipinski definition) is 4. The summed E-state index contributed by atoms with van der Waals surface area (Å²) in [5.74, 6) is 0.596. The summed E-state index contributed by atoms with van der Waals surface area (Å²) in [6, 6.07) is 10.1. The zero-order chi connectivity index (χ0) is 18.2. The first kappa shape index (κ1) is 17.7. The standard InChI is InChI=1S/C19H23N2O3S/c1-13(2)24-17-7-5-6-14(8-17)15-9-18-20(11-15)16(12-25-18)10-19(22)21(3,4)23/h5-9,11-13,23H,10H2,1-4H3/q+1. The Bertz CT molecular complexity index is 903. The second-order valence-electron chi connectivity index (χ2n) is 6.82. The molecule has 2 heterocycles. The van der Waals surface area contributed by atoms with Crippen LogP contribution in [0.3, 0.4) is 0 Å². The van der Waals surface area contributed by atoms with E-state index in [1.165, 1.54) is 14.1 Å².